The first-order valence-electron chi connectivity index (χ1n) is 6.57. The Morgan fingerprint density at radius 3 is 2.80 bits per heavy atom. The van der Waals surface area contributed by atoms with E-state index in [-0.39, 0.29) is 0 Å². The van der Waals surface area contributed by atoms with E-state index in [9.17, 15) is 0 Å². The summed E-state index contributed by atoms with van der Waals surface area (Å²) in [6.45, 7) is 8.09. The standard InChI is InChI=1S/C13H27NS/c1-4-8-14-12-5-6-13(10-12)15-9-7-11(2)3/h11-14H,4-10H2,1-3H3. The molecule has 2 unspecified atom stereocenters. The average molecular weight is 229 g/mol. The summed E-state index contributed by atoms with van der Waals surface area (Å²) < 4.78 is 0. The zero-order valence-electron chi connectivity index (χ0n) is 10.6. The van der Waals surface area contributed by atoms with Crippen LogP contribution in [0.3, 0.4) is 0 Å². The van der Waals surface area contributed by atoms with Gasteiger partial charge in [-0.1, -0.05) is 20.8 Å². The van der Waals surface area contributed by atoms with Crippen molar-refractivity contribution in [2.45, 2.75) is 64.2 Å². The van der Waals surface area contributed by atoms with Crippen molar-refractivity contribution in [2.75, 3.05) is 12.3 Å². The molecule has 1 saturated carbocycles. The maximum Gasteiger partial charge on any atom is 0.00779 e. The fourth-order valence-corrected chi connectivity index (χ4v) is 3.71. The van der Waals surface area contributed by atoms with Gasteiger partial charge in [0.2, 0.25) is 0 Å². The van der Waals surface area contributed by atoms with Crippen molar-refractivity contribution in [1.29, 1.82) is 0 Å². The summed E-state index contributed by atoms with van der Waals surface area (Å²) in [5, 5.41) is 4.59. The average Bonchev–Trinajstić information content (AvgIpc) is 2.62. The van der Waals surface area contributed by atoms with Gasteiger partial charge in [-0.2, -0.15) is 11.8 Å². The molecule has 1 aliphatic rings. The molecule has 0 bridgehead atoms. The molecule has 1 nitrogen and oxygen atoms in total. The first-order chi connectivity index (χ1) is 7.22. The molecule has 2 atom stereocenters. The van der Waals surface area contributed by atoms with E-state index < -0.39 is 0 Å². The fraction of sp³-hybridized carbons (Fsp3) is 1.00. The van der Waals surface area contributed by atoms with Gasteiger partial charge in [-0.3, -0.25) is 0 Å². The van der Waals surface area contributed by atoms with Gasteiger partial charge >= 0.3 is 0 Å². The maximum atomic E-state index is 3.65. The number of hydrogen-bond acceptors (Lipinski definition) is 2. The van der Waals surface area contributed by atoms with Gasteiger partial charge in [0.1, 0.15) is 0 Å². The summed E-state index contributed by atoms with van der Waals surface area (Å²) in [7, 11) is 0. The Morgan fingerprint density at radius 1 is 1.33 bits per heavy atom. The Bertz CT molecular complexity index is 159. The molecule has 1 rings (SSSR count). The molecule has 0 radical (unpaired) electrons. The predicted molar refractivity (Wildman–Crippen MR) is 71.6 cm³/mol. The largest absolute Gasteiger partial charge is 0.314 e. The van der Waals surface area contributed by atoms with Crippen molar-refractivity contribution in [3.05, 3.63) is 0 Å². The van der Waals surface area contributed by atoms with Gasteiger partial charge in [0.15, 0.2) is 0 Å². The van der Waals surface area contributed by atoms with Crippen molar-refractivity contribution in [3.8, 4) is 0 Å². The topological polar surface area (TPSA) is 12.0 Å². The summed E-state index contributed by atoms with van der Waals surface area (Å²) in [5.41, 5.74) is 0. The van der Waals surface area contributed by atoms with Crippen molar-refractivity contribution in [1.82, 2.24) is 5.32 Å². The Morgan fingerprint density at radius 2 is 2.13 bits per heavy atom. The SMILES string of the molecule is CCCNC1CCC(SCCC(C)C)C1. The minimum Gasteiger partial charge on any atom is -0.314 e. The van der Waals surface area contributed by atoms with Gasteiger partial charge in [-0.15, -0.1) is 0 Å². The Balaban J connectivity index is 2.03. The number of thioether (sulfide) groups is 1. The van der Waals surface area contributed by atoms with Crippen LogP contribution in [0.2, 0.25) is 0 Å². The number of hydrogen-bond donors (Lipinski definition) is 1. The summed E-state index contributed by atoms with van der Waals surface area (Å²) in [6, 6.07) is 0.821. The van der Waals surface area contributed by atoms with Crippen LogP contribution in [0, 0.1) is 5.92 Å². The highest BCUT2D eigenvalue weighted by Crippen LogP contribution is 2.30. The third-order valence-electron chi connectivity index (χ3n) is 3.12. The first kappa shape index (κ1) is 13.4. The summed E-state index contributed by atoms with van der Waals surface area (Å²) in [6.07, 6.45) is 6.89. The van der Waals surface area contributed by atoms with E-state index >= 15 is 0 Å². The Labute approximate surface area is 99.8 Å². The molecule has 0 aromatic heterocycles. The van der Waals surface area contributed by atoms with Crippen LogP contribution in [-0.4, -0.2) is 23.6 Å². The molecule has 2 heteroatoms. The van der Waals surface area contributed by atoms with Crippen LogP contribution in [0.15, 0.2) is 0 Å². The molecule has 0 heterocycles. The zero-order valence-corrected chi connectivity index (χ0v) is 11.4. The van der Waals surface area contributed by atoms with Gasteiger partial charge in [-0.05, 0) is 50.3 Å². The van der Waals surface area contributed by atoms with E-state index in [1.54, 1.807) is 0 Å². The highest BCUT2D eigenvalue weighted by molar-refractivity contribution is 7.99. The van der Waals surface area contributed by atoms with Gasteiger partial charge in [0.05, 0.1) is 0 Å². The third-order valence-corrected chi connectivity index (χ3v) is 4.49. The lowest BCUT2D eigenvalue weighted by molar-refractivity contribution is 0.524. The highest BCUT2D eigenvalue weighted by Gasteiger charge is 2.23. The van der Waals surface area contributed by atoms with Gasteiger partial charge in [0, 0.05) is 11.3 Å². The summed E-state index contributed by atoms with van der Waals surface area (Å²) in [5.74, 6) is 2.23. The van der Waals surface area contributed by atoms with E-state index in [1.807, 2.05) is 0 Å². The number of nitrogens with one attached hydrogen (secondary N) is 1. The lowest BCUT2D eigenvalue weighted by Gasteiger charge is -2.13. The lowest BCUT2D eigenvalue weighted by Crippen LogP contribution is -2.27. The molecule has 1 fully saturated rings. The molecule has 0 spiro atoms. The molecule has 0 aliphatic heterocycles. The van der Waals surface area contributed by atoms with Crippen LogP contribution >= 0.6 is 11.8 Å². The van der Waals surface area contributed by atoms with Crippen LogP contribution < -0.4 is 5.32 Å². The van der Waals surface area contributed by atoms with E-state index in [0.717, 1.165) is 17.2 Å². The Hall–Kier alpha value is 0.310. The van der Waals surface area contributed by atoms with Crippen molar-refractivity contribution < 1.29 is 0 Å². The lowest BCUT2D eigenvalue weighted by atomic mass is 10.2. The maximum absolute atomic E-state index is 3.65. The molecule has 0 saturated heterocycles. The highest BCUT2D eigenvalue weighted by atomic mass is 32.2. The third kappa shape index (κ3) is 5.82. The zero-order chi connectivity index (χ0) is 11.1. The summed E-state index contributed by atoms with van der Waals surface area (Å²) in [4.78, 5) is 0. The van der Waals surface area contributed by atoms with Crippen LogP contribution in [0.25, 0.3) is 0 Å². The Kier molecular flexibility index (Phi) is 6.74. The van der Waals surface area contributed by atoms with Gasteiger partial charge < -0.3 is 5.32 Å². The molecule has 0 aromatic carbocycles. The monoisotopic (exact) mass is 229 g/mol. The van der Waals surface area contributed by atoms with E-state index in [1.165, 1.54) is 44.4 Å². The smallest absolute Gasteiger partial charge is 0.00779 e. The second-order valence-corrected chi connectivity index (χ2v) is 6.55. The van der Waals surface area contributed by atoms with E-state index in [0.29, 0.717) is 0 Å². The van der Waals surface area contributed by atoms with Crippen molar-refractivity contribution in [3.63, 3.8) is 0 Å². The van der Waals surface area contributed by atoms with E-state index in [2.05, 4.69) is 37.8 Å². The minimum absolute atomic E-state index is 0.821. The molecule has 1 N–H and O–H groups in total. The van der Waals surface area contributed by atoms with Crippen molar-refractivity contribution in [2.24, 2.45) is 5.92 Å². The van der Waals surface area contributed by atoms with Crippen LogP contribution in [0.5, 0.6) is 0 Å². The van der Waals surface area contributed by atoms with Gasteiger partial charge in [0.25, 0.3) is 0 Å². The second kappa shape index (κ2) is 7.56. The molecule has 15 heavy (non-hydrogen) atoms. The number of rotatable bonds is 7. The molecular formula is C13H27NS. The summed E-state index contributed by atoms with van der Waals surface area (Å²) >= 11 is 2.21. The first-order valence-corrected chi connectivity index (χ1v) is 7.62. The molecule has 1 aliphatic carbocycles. The van der Waals surface area contributed by atoms with E-state index in [4.69, 9.17) is 0 Å². The molecular weight excluding hydrogens is 202 g/mol. The van der Waals surface area contributed by atoms with Gasteiger partial charge in [-0.25, -0.2) is 0 Å². The normalized spacial score (nSPS) is 26.4. The van der Waals surface area contributed by atoms with Crippen molar-refractivity contribution >= 4 is 11.8 Å². The molecule has 0 amide bonds. The quantitative estimate of drug-likeness (QED) is 0.714. The molecule has 0 aromatic rings. The second-order valence-electron chi connectivity index (χ2n) is 5.14. The fourth-order valence-electron chi connectivity index (χ4n) is 2.10. The van der Waals surface area contributed by atoms with Crippen LogP contribution in [-0.2, 0) is 0 Å². The predicted octanol–water partition coefficient (Wildman–Crippen LogP) is 3.69. The van der Waals surface area contributed by atoms with Crippen LogP contribution in [0.4, 0.5) is 0 Å². The minimum atomic E-state index is 0.821. The molecule has 90 valence electrons. The van der Waals surface area contributed by atoms with Crippen LogP contribution in [0.1, 0.15) is 52.9 Å².